The van der Waals surface area contributed by atoms with Crippen LogP contribution in [0.4, 0.5) is 0 Å². The summed E-state index contributed by atoms with van der Waals surface area (Å²) in [6, 6.07) is 18.5. The Bertz CT molecular complexity index is 1260. The number of methoxy groups -OCH3 is 1. The number of rotatable bonds is 9. The van der Waals surface area contributed by atoms with Gasteiger partial charge in [0, 0.05) is 54.4 Å². The van der Waals surface area contributed by atoms with Crippen LogP contribution in [0.15, 0.2) is 65.5 Å². The van der Waals surface area contributed by atoms with Crippen molar-refractivity contribution in [2.45, 2.75) is 43.6 Å². The molecule has 0 spiro atoms. The Labute approximate surface area is 253 Å². The molecule has 1 heterocycles. The first-order valence-electron chi connectivity index (χ1n) is 12.4. The number of amides is 1. The van der Waals surface area contributed by atoms with Gasteiger partial charge in [-0.3, -0.25) is 9.59 Å². The summed E-state index contributed by atoms with van der Waals surface area (Å²) in [5.41, 5.74) is 9.14. The quantitative estimate of drug-likeness (QED) is 0.304. The number of carbonyl (C=O) groups excluding carboxylic acids is 1. The zero-order valence-electron chi connectivity index (χ0n) is 21.8. The smallest absolute Gasteiger partial charge is 0.267 e. The summed E-state index contributed by atoms with van der Waals surface area (Å²) in [4.78, 5) is 25.3. The van der Waals surface area contributed by atoms with Crippen molar-refractivity contribution in [3.8, 4) is 11.3 Å². The highest BCUT2D eigenvalue weighted by Crippen LogP contribution is 2.42. The predicted octanol–water partition coefficient (Wildman–Crippen LogP) is 5.61. The summed E-state index contributed by atoms with van der Waals surface area (Å²) < 4.78 is 6.63. The van der Waals surface area contributed by atoms with Gasteiger partial charge in [0.15, 0.2) is 0 Å². The molecule has 3 N–H and O–H groups in total. The summed E-state index contributed by atoms with van der Waals surface area (Å²) in [7, 11) is 1.64. The normalized spacial score (nSPS) is 18.2. The maximum absolute atomic E-state index is 12.8. The van der Waals surface area contributed by atoms with Gasteiger partial charge in [-0.2, -0.15) is 5.10 Å². The predicted molar refractivity (Wildman–Crippen MR) is 164 cm³/mol. The molecule has 1 fully saturated rings. The highest BCUT2D eigenvalue weighted by Gasteiger charge is 2.37. The number of nitrogens with zero attached hydrogens (tertiary/aromatic N) is 2. The van der Waals surface area contributed by atoms with E-state index in [1.807, 2.05) is 36.4 Å². The summed E-state index contributed by atoms with van der Waals surface area (Å²) in [6.07, 6.45) is 4.05. The third-order valence-electron chi connectivity index (χ3n) is 7.14. The number of nitrogens with one attached hydrogen (secondary N) is 1. The molecule has 3 aromatic rings. The fourth-order valence-electron chi connectivity index (χ4n) is 5.01. The Hall–Kier alpha value is -2.13. The molecule has 0 saturated heterocycles. The fraction of sp³-hybridized carbons (Fsp3) is 0.393. The van der Waals surface area contributed by atoms with Crippen LogP contribution in [0.25, 0.3) is 11.3 Å². The molecular formula is C28H36Cl4N4O3. The Kier molecular flexibility index (Phi) is 14.5. The summed E-state index contributed by atoms with van der Waals surface area (Å²) in [5.74, 6) is -0.146. The van der Waals surface area contributed by atoms with E-state index in [2.05, 4.69) is 11.4 Å². The number of hydrogen-bond acceptors (Lipinski definition) is 5. The van der Waals surface area contributed by atoms with Gasteiger partial charge in [-0.25, -0.2) is 4.68 Å². The van der Waals surface area contributed by atoms with Gasteiger partial charge in [0.25, 0.3) is 11.5 Å². The molecule has 0 unspecified atom stereocenters. The standard InChI is InChI=1S/C28H33ClN4O3.3ClH/c1-36-16-4-15-31-27(35)21-6-2-5-20(17-21)25-9-10-26(34)33(32-25)24-11-13-28(19-30,14-12-24)22-7-3-8-23(29)18-22;;;/h2-3,5-10,17-18,24H,4,11-16,19,30H2,1H3,(H,31,35);3*1H/t24-,28+;;;. The number of aromatic nitrogens is 2. The molecule has 1 aromatic heterocycles. The molecule has 0 aliphatic heterocycles. The summed E-state index contributed by atoms with van der Waals surface area (Å²) >= 11 is 6.25. The average Bonchev–Trinajstić information content (AvgIpc) is 2.91. The lowest BCUT2D eigenvalue weighted by Gasteiger charge is -2.40. The maximum atomic E-state index is 12.8. The van der Waals surface area contributed by atoms with Crippen LogP contribution in [0, 0.1) is 0 Å². The molecule has 39 heavy (non-hydrogen) atoms. The van der Waals surface area contributed by atoms with Crippen molar-refractivity contribution < 1.29 is 9.53 Å². The van der Waals surface area contributed by atoms with E-state index in [9.17, 15) is 9.59 Å². The summed E-state index contributed by atoms with van der Waals surface area (Å²) in [6.45, 7) is 1.67. The molecule has 1 amide bonds. The van der Waals surface area contributed by atoms with Crippen LogP contribution in [0.3, 0.4) is 0 Å². The first-order valence-corrected chi connectivity index (χ1v) is 12.8. The lowest BCUT2D eigenvalue weighted by atomic mass is 9.68. The molecule has 1 saturated carbocycles. The first kappa shape index (κ1) is 34.9. The molecule has 11 heteroatoms. The number of ether oxygens (including phenoxy) is 1. The van der Waals surface area contributed by atoms with Gasteiger partial charge in [0.2, 0.25) is 0 Å². The average molecular weight is 618 g/mol. The van der Waals surface area contributed by atoms with Crippen molar-refractivity contribution in [2.75, 3.05) is 26.8 Å². The zero-order chi connectivity index (χ0) is 25.5. The van der Waals surface area contributed by atoms with Crippen LogP contribution >= 0.6 is 48.8 Å². The Morgan fingerprint density at radius 1 is 1.10 bits per heavy atom. The minimum atomic E-state index is -0.146. The van der Waals surface area contributed by atoms with Gasteiger partial charge < -0.3 is 15.8 Å². The highest BCUT2D eigenvalue weighted by atomic mass is 35.5. The maximum Gasteiger partial charge on any atom is 0.267 e. The van der Waals surface area contributed by atoms with E-state index < -0.39 is 0 Å². The SMILES string of the molecule is COCCCNC(=O)c1cccc(-c2ccc(=O)n([C@H]3CC[C@@](CN)(c4cccc(Cl)c4)CC3)n2)c1.Cl.Cl.Cl. The van der Waals surface area contributed by atoms with E-state index in [4.69, 9.17) is 27.2 Å². The van der Waals surface area contributed by atoms with E-state index in [-0.39, 0.29) is 60.1 Å². The Balaban J connectivity index is 0.00000253. The third kappa shape index (κ3) is 8.43. The molecule has 214 valence electrons. The van der Waals surface area contributed by atoms with Gasteiger partial charge >= 0.3 is 0 Å². The Morgan fingerprint density at radius 2 is 1.82 bits per heavy atom. The molecule has 7 nitrogen and oxygen atoms in total. The van der Waals surface area contributed by atoms with Crippen molar-refractivity contribution in [3.05, 3.63) is 87.2 Å². The number of halogens is 4. The van der Waals surface area contributed by atoms with Gasteiger partial charge in [-0.1, -0.05) is 35.9 Å². The van der Waals surface area contributed by atoms with Crippen LogP contribution in [0.5, 0.6) is 0 Å². The highest BCUT2D eigenvalue weighted by molar-refractivity contribution is 6.30. The van der Waals surface area contributed by atoms with E-state index in [0.717, 1.165) is 43.2 Å². The minimum absolute atomic E-state index is 0. The third-order valence-corrected chi connectivity index (χ3v) is 7.38. The van der Waals surface area contributed by atoms with E-state index in [1.165, 1.54) is 0 Å². The minimum Gasteiger partial charge on any atom is -0.385 e. The molecule has 0 bridgehead atoms. The lowest BCUT2D eigenvalue weighted by molar-refractivity contribution is 0.0948. The molecule has 0 radical (unpaired) electrons. The molecule has 1 aliphatic rings. The van der Waals surface area contributed by atoms with Crippen LogP contribution < -0.4 is 16.6 Å². The largest absolute Gasteiger partial charge is 0.385 e. The molecule has 0 atom stereocenters. The van der Waals surface area contributed by atoms with Gasteiger partial charge in [-0.05, 0) is 68.0 Å². The second-order valence-corrected chi connectivity index (χ2v) is 9.85. The van der Waals surface area contributed by atoms with Crippen molar-refractivity contribution in [2.24, 2.45) is 5.73 Å². The van der Waals surface area contributed by atoms with Crippen molar-refractivity contribution in [1.82, 2.24) is 15.1 Å². The first-order chi connectivity index (χ1) is 17.5. The number of hydrogen-bond donors (Lipinski definition) is 2. The molecular weight excluding hydrogens is 582 g/mol. The van der Waals surface area contributed by atoms with E-state index >= 15 is 0 Å². The van der Waals surface area contributed by atoms with Gasteiger partial charge in [-0.15, -0.1) is 37.2 Å². The van der Waals surface area contributed by atoms with E-state index in [0.29, 0.717) is 36.0 Å². The Morgan fingerprint density at radius 3 is 2.49 bits per heavy atom. The molecule has 2 aromatic carbocycles. The second kappa shape index (κ2) is 16.2. The fourth-order valence-corrected chi connectivity index (χ4v) is 5.20. The topological polar surface area (TPSA) is 99.2 Å². The van der Waals surface area contributed by atoms with Gasteiger partial charge in [0.05, 0.1) is 11.7 Å². The van der Waals surface area contributed by atoms with Crippen molar-refractivity contribution >= 4 is 54.7 Å². The molecule has 4 rings (SSSR count). The lowest BCUT2D eigenvalue weighted by Crippen LogP contribution is -2.41. The number of nitrogens with two attached hydrogens (primary N) is 1. The number of benzene rings is 2. The molecule has 1 aliphatic carbocycles. The van der Waals surface area contributed by atoms with E-state index in [1.54, 1.807) is 30.0 Å². The second-order valence-electron chi connectivity index (χ2n) is 9.41. The summed E-state index contributed by atoms with van der Waals surface area (Å²) in [5, 5.41) is 8.33. The van der Waals surface area contributed by atoms with Crippen LogP contribution in [0.2, 0.25) is 5.02 Å². The van der Waals surface area contributed by atoms with Crippen LogP contribution in [-0.2, 0) is 10.2 Å². The van der Waals surface area contributed by atoms with Gasteiger partial charge in [0.1, 0.15) is 0 Å². The van der Waals surface area contributed by atoms with Crippen LogP contribution in [0.1, 0.15) is 54.1 Å². The monoisotopic (exact) mass is 616 g/mol. The van der Waals surface area contributed by atoms with Crippen molar-refractivity contribution in [1.29, 1.82) is 0 Å². The zero-order valence-corrected chi connectivity index (χ0v) is 25.0. The van der Waals surface area contributed by atoms with Crippen LogP contribution in [-0.4, -0.2) is 42.5 Å². The van der Waals surface area contributed by atoms with Crippen molar-refractivity contribution in [3.63, 3.8) is 0 Å². The number of carbonyl (C=O) groups is 1.